The summed E-state index contributed by atoms with van der Waals surface area (Å²) < 4.78 is 5.89. The van der Waals surface area contributed by atoms with Crippen molar-refractivity contribution in [2.45, 2.75) is 12.8 Å². The Bertz CT molecular complexity index is 1460. The van der Waals surface area contributed by atoms with Gasteiger partial charge in [-0.3, -0.25) is 14.9 Å². The van der Waals surface area contributed by atoms with E-state index in [1.807, 2.05) is 78.9 Å². The van der Waals surface area contributed by atoms with Crippen LogP contribution in [0.2, 0.25) is 0 Å². The first-order valence-electron chi connectivity index (χ1n) is 10.9. The van der Waals surface area contributed by atoms with E-state index in [9.17, 15) is 4.79 Å². The Hall–Kier alpha value is -4.65. The number of carboxylic acids is 1. The van der Waals surface area contributed by atoms with Gasteiger partial charge in [-0.15, -0.1) is 0 Å². The highest BCUT2D eigenvalue weighted by atomic mass is 16.5. The van der Waals surface area contributed by atoms with Gasteiger partial charge < -0.3 is 15.6 Å². The number of rotatable bonds is 7. The lowest BCUT2D eigenvalue weighted by Crippen LogP contribution is -1.98. The number of aromatic amines is 1. The van der Waals surface area contributed by atoms with E-state index in [-0.39, 0.29) is 6.42 Å². The van der Waals surface area contributed by atoms with Crippen molar-refractivity contribution in [2.75, 3.05) is 5.73 Å². The van der Waals surface area contributed by atoms with E-state index in [1.54, 1.807) is 6.20 Å². The molecule has 0 atom stereocenters. The Morgan fingerprint density at radius 3 is 2.47 bits per heavy atom. The summed E-state index contributed by atoms with van der Waals surface area (Å²) in [5.74, 6) is 1.07. The normalized spacial score (nSPS) is 10.9. The zero-order valence-electron chi connectivity index (χ0n) is 18.2. The fraction of sp³-hybridized carbons (Fsp3) is 0.0741. The number of aliphatic carboxylic acids is 1. The minimum atomic E-state index is -0.822. The van der Waals surface area contributed by atoms with Gasteiger partial charge in [-0.2, -0.15) is 5.10 Å². The van der Waals surface area contributed by atoms with E-state index < -0.39 is 5.97 Å². The van der Waals surface area contributed by atoms with Gasteiger partial charge in [-0.1, -0.05) is 48.5 Å². The lowest BCUT2D eigenvalue weighted by Gasteiger charge is -2.10. The highest BCUT2D eigenvalue weighted by molar-refractivity contribution is 6.06. The van der Waals surface area contributed by atoms with Crippen LogP contribution in [0.5, 0.6) is 11.5 Å². The number of benzene rings is 3. The Kier molecular flexibility index (Phi) is 5.66. The van der Waals surface area contributed by atoms with Gasteiger partial charge in [0.1, 0.15) is 11.5 Å². The van der Waals surface area contributed by atoms with Crippen LogP contribution in [0.1, 0.15) is 12.0 Å². The first-order chi connectivity index (χ1) is 16.6. The quantitative estimate of drug-likeness (QED) is 0.294. The van der Waals surface area contributed by atoms with Gasteiger partial charge in [0.05, 0.1) is 16.6 Å². The number of carbonyl (C=O) groups is 1. The van der Waals surface area contributed by atoms with Crippen LogP contribution in [0.15, 0.2) is 85.1 Å². The summed E-state index contributed by atoms with van der Waals surface area (Å²) in [5.41, 5.74) is 11.3. The molecule has 2 heterocycles. The van der Waals surface area contributed by atoms with Crippen LogP contribution in [0.3, 0.4) is 0 Å². The summed E-state index contributed by atoms with van der Waals surface area (Å²) in [6.07, 6.45) is 2.32. The van der Waals surface area contributed by atoms with Crippen molar-refractivity contribution in [3.05, 3.63) is 90.6 Å². The fourth-order valence-electron chi connectivity index (χ4n) is 3.95. The van der Waals surface area contributed by atoms with Crippen molar-refractivity contribution >= 4 is 22.7 Å². The van der Waals surface area contributed by atoms with Crippen LogP contribution in [-0.4, -0.2) is 26.3 Å². The van der Waals surface area contributed by atoms with E-state index in [2.05, 4.69) is 10.2 Å². The summed E-state index contributed by atoms with van der Waals surface area (Å²) in [4.78, 5) is 15.7. The molecule has 5 rings (SSSR count). The number of anilines is 1. The van der Waals surface area contributed by atoms with Gasteiger partial charge in [-0.05, 0) is 47.9 Å². The third-order valence-corrected chi connectivity index (χ3v) is 5.60. The molecule has 4 N–H and O–H groups in total. The molecule has 5 aromatic rings. The molecule has 0 bridgehead atoms. The average Bonchev–Trinajstić information content (AvgIpc) is 3.25. The summed E-state index contributed by atoms with van der Waals surface area (Å²) in [5, 5.41) is 17.0. The number of hydrogen-bond acceptors (Lipinski definition) is 5. The standard InChI is InChI=1S/C27H22N4O3/c28-27-24-22(18-10-12-21(13-11-18)34-20-7-2-1-3-8-20)16-29-25(26(24)30-31-27)19-6-4-5-17(15-19)9-14-23(32)33/h1-8,10-13,15-16H,9,14H2,(H,32,33)(H3,28,30,31). The van der Waals surface area contributed by atoms with Crippen molar-refractivity contribution < 1.29 is 14.6 Å². The summed E-state index contributed by atoms with van der Waals surface area (Å²) >= 11 is 0. The number of aryl methyl sites for hydroxylation is 1. The number of H-pyrrole nitrogens is 1. The molecule has 0 saturated heterocycles. The predicted molar refractivity (Wildman–Crippen MR) is 132 cm³/mol. The highest BCUT2D eigenvalue weighted by Gasteiger charge is 2.16. The van der Waals surface area contributed by atoms with E-state index >= 15 is 0 Å². The zero-order chi connectivity index (χ0) is 23.5. The predicted octanol–water partition coefficient (Wildman–Crippen LogP) is 5.68. The zero-order valence-corrected chi connectivity index (χ0v) is 18.2. The molecule has 0 fully saturated rings. The molecular formula is C27H22N4O3. The SMILES string of the molecule is Nc1n[nH]c2c(-c3cccc(CCC(=O)O)c3)ncc(-c3ccc(Oc4ccccc4)cc3)c12. The molecule has 0 unspecified atom stereocenters. The second-order valence-electron chi connectivity index (χ2n) is 7.91. The molecule has 0 aliphatic heterocycles. The van der Waals surface area contributed by atoms with Crippen molar-refractivity contribution in [2.24, 2.45) is 0 Å². The minimum Gasteiger partial charge on any atom is -0.481 e. The van der Waals surface area contributed by atoms with Crippen molar-refractivity contribution in [3.8, 4) is 33.9 Å². The molecule has 0 amide bonds. The Labute approximate surface area is 195 Å². The minimum absolute atomic E-state index is 0.0756. The summed E-state index contributed by atoms with van der Waals surface area (Å²) in [6, 6.07) is 25.1. The summed E-state index contributed by atoms with van der Waals surface area (Å²) in [7, 11) is 0. The van der Waals surface area contributed by atoms with Gasteiger partial charge in [0.15, 0.2) is 5.82 Å². The number of ether oxygens (including phenoxy) is 1. The lowest BCUT2D eigenvalue weighted by atomic mass is 9.99. The van der Waals surface area contributed by atoms with Gasteiger partial charge in [0, 0.05) is 23.7 Å². The smallest absolute Gasteiger partial charge is 0.303 e. The van der Waals surface area contributed by atoms with Gasteiger partial charge in [0.2, 0.25) is 0 Å². The van der Waals surface area contributed by atoms with Gasteiger partial charge in [0.25, 0.3) is 0 Å². The van der Waals surface area contributed by atoms with Crippen LogP contribution >= 0.6 is 0 Å². The highest BCUT2D eigenvalue weighted by Crippen LogP contribution is 2.36. The number of para-hydroxylation sites is 1. The van der Waals surface area contributed by atoms with Crippen LogP contribution in [0.25, 0.3) is 33.3 Å². The first kappa shape index (κ1) is 21.2. The van der Waals surface area contributed by atoms with Crippen LogP contribution < -0.4 is 10.5 Å². The number of carboxylic acid groups (broad SMARTS) is 1. The molecule has 0 aliphatic rings. The van der Waals surface area contributed by atoms with E-state index in [0.717, 1.165) is 44.7 Å². The van der Waals surface area contributed by atoms with Crippen LogP contribution in [0, 0.1) is 0 Å². The lowest BCUT2D eigenvalue weighted by molar-refractivity contribution is -0.136. The molecule has 2 aromatic heterocycles. The maximum Gasteiger partial charge on any atom is 0.303 e. The average molecular weight is 450 g/mol. The molecule has 7 heteroatoms. The Morgan fingerprint density at radius 2 is 1.71 bits per heavy atom. The summed E-state index contributed by atoms with van der Waals surface area (Å²) in [6.45, 7) is 0. The second kappa shape index (κ2) is 9.07. The van der Waals surface area contributed by atoms with Crippen LogP contribution in [0.4, 0.5) is 5.82 Å². The van der Waals surface area contributed by atoms with E-state index in [0.29, 0.717) is 17.9 Å². The number of nitrogens with zero attached hydrogens (tertiary/aromatic N) is 2. The molecule has 0 spiro atoms. The topological polar surface area (TPSA) is 114 Å². The van der Waals surface area contributed by atoms with Gasteiger partial charge >= 0.3 is 5.97 Å². The van der Waals surface area contributed by atoms with E-state index in [1.165, 1.54) is 0 Å². The Balaban J connectivity index is 1.49. The van der Waals surface area contributed by atoms with E-state index in [4.69, 9.17) is 20.6 Å². The number of nitrogens with one attached hydrogen (secondary N) is 1. The molecule has 0 aliphatic carbocycles. The molecule has 3 aromatic carbocycles. The maximum atomic E-state index is 10.9. The third-order valence-electron chi connectivity index (χ3n) is 5.60. The van der Waals surface area contributed by atoms with Gasteiger partial charge in [-0.25, -0.2) is 0 Å². The largest absolute Gasteiger partial charge is 0.481 e. The van der Waals surface area contributed by atoms with Crippen molar-refractivity contribution in [3.63, 3.8) is 0 Å². The number of pyridine rings is 1. The molecule has 7 nitrogen and oxygen atoms in total. The van der Waals surface area contributed by atoms with Crippen LogP contribution in [-0.2, 0) is 11.2 Å². The Morgan fingerprint density at radius 1 is 0.941 bits per heavy atom. The number of fused-ring (bicyclic) bond motifs is 1. The monoisotopic (exact) mass is 450 g/mol. The molecule has 0 saturated carbocycles. The third kappa shape index (κ3) is 4.31. The second-order valence-corrected chi connectivity index (χ2v) is 7.91. The molecular weight excluding hydrogens is 428 g/mol. The first-order valence-corrected chi connectivity index (χ1v) is 10.9. The molecule has 168 valence electrons. The number of nitrogens with two attached hydrogens (primary N) is 1. The molecule has 0 radical (unpaired) electrons. The number of aromatic nitrogens is 3. The molecule has 34 heavy (non-hydrogen) atoms. The van der Waals surface area contributed by atoms with Crippen molar-refractivity contribution in [1.82, 2.24) is 15.2 Å². The number of hydrogen-bond donors (Lipinski definition) is 3. The number of nitrogen functional groups attached to an aromatic ring is 1. The fourth-order valence-corrected chi connectivity index (χ4v) is 3.95. The van der Waals surface area contributed by atoms with Crippen molar-refractivity contribution in [1.29, 1.82) is 0 Å². The maximum absolute atomic E-state index is 10.9.